The predicted octanol–water partition coefficient (Wildman–Crippen LogP) is 4.74. The molecule has 34 heavy (non-hydrogen) atoms. The number of halogens is 4. The standard InChI is InChI=1S/C23H21ClF3N5O2/c1-14-6-9-28-19(12-14)30-21(33)15-7-10-31(11-8-15)22(34)18-13-29-32(20(18)23(25,26)27)17-4-2-16(24)3-5-17/h2-6,9,12-13,15H,7-8,10-11H2,1H3,(H,28,30,33). The Kier molecular flexibility index (Phi) is 6.60. The lowest BCUT2D eigenvalue weighted by Gasteiger charge is -2.31. The molecule has 0 spiro atoms. The second-order valence-electron chi connectivity index (χ2n) is 8.07. The van der Waals surface area contributed by atoms with Crippen LogP contribution in [0.25, 0.3) is 5.69 Å². The number of aryl methyl sites for hydroxylation is 1. The number of likely N-dealkylation sites (tertiary alicyclic amines) is 1. The van der Waals surface area contributed by atoms with Crippen LogP contribution in [0.15, 0.2) is 48.8 Å². The molecule has 0 aliphatic carbocycles. The average molecular weight is 492 g/mol. The molecule has 1 aromatic carbocycles. The molecule has 1 fully saturated rings. The molecule has 2 aromatic heterocycles. The van der Waals surface area contributed by atoms with Gasteiger partial charge >= 0.3 is 6.18 Å². The number of nitrogens with one attached hydrogen (secondary N) is 1. The zero-order chi connectivity index (χ0) is 24.5. The third-order valence-electron chi connectivity index (χ3n) is 5.66. The van der Waals surface area contributed by atoms with Crippen LogP contribution in [-0.4, -0.2) is 44.6 Å². The van der Waals surface area contributed by atoms with Gasteiger partial charge in [-0.2, -0.15) is 18.3 Å². The molecule has 3 aromatic rings. The Labute approximate surface area is 198 Å². The third kappa shape index (κ3) is 5.06. The summed E-state index contributed by atoms with van der Waals surface area (Å²) in [5, 5.41) is 6.95. The molecule has 178 valence electrons. The molecule has 1 saturated heterocycles. The molecule has 0 unspecified atom stereocenters. The number of alkyl halides is 3. The average Bonchev–Trinajstić information content (AvgIpc) is 3.25. The van der Waals surface area contributed by atoms with Crippen molar-refractivity contribution in [3.8, 4) is 5.69 Å². The van der Waals surface area contributed by atoms with E-state index in [2.05, 4.69) is 15.4 Å². The first-order chi connectivity index (χ1) is 16.1. The van der Waals surface area contributed by atoms with Crippen LogP contribution < -0.4 is 5.32 Å². The fourth-order valence-corrected chi connectivity index (χ4v) is 4.03. The van der Waals surface area contributed by atoms with Crippen molar-refractivity contribution in [3.63, 3.8) is 0 Å². The number of benzene rings is 1. The highest BCUT2D eigenvalue weighted by Crippen LogP contribution is 2.35. The van der Waals surface area contributed by atoms with E-state index in [-0.39, 0.29) is 30.6 Å². The van der Waals surface area contributed by atoms with Gasteiger partial charge in [-0.15, -0.1) is 0 Å². The van der Waals surface area contributed by atoms with Gasteiger partial charge in [0.2, 0.25) is 5.91 Å². The van der Waals surface area contributed by atoms with Gasteiger partial charge in [0.15, 0.2) is 5.69 Å². The Morgan fingerprint density at radius 1 is 1.12 bits per heavy atom. The Morgan fingerprint density at radius 2 is 1.79 bits per heavy atom. The predicted molar refractivity (Wildman–Crippen MR) is 120 cm³/mol. The van der Waals surface area contributed by atoms with E-state index in [4.69, 9.17) is 11.6 Å². The summed E-state index contributed by atoms with van der Waals surface area (Å²) < 4.78 is 42.5. The number of hydrogen-bond acceptors (Lipinski definition) is 4. The minimum absolute atomic E-state index is 0.135. The molecule has 1 N–H and O–H groups in total. The largest absolute Gasteiger partial charge is 0.434 e. The quantitative estimate of drug-likeness (QED) is 0.571. The minimum atomic E-state index is -4.81. The fourth-order valence-electron chi connectivity index (χ4n) is 3.90. The first-order valence-corrected chi connectivity index (χ1v) is 10.9. The maximum atomic E-state index is 13.9. The molecule has 4 rings (SSSR count). The van der Waals surface area contributed by atoms with Crippen LogP contribution in [0.3, 0.4) is 0 Å². The van der Waals surface area contributed by atoms with Crippen molar-refractivity contribution < 1.29 is 22.8 Å². The van der Waals surface area contributed by atoms with Gasteiger partial charge < -0.3 is 10.2 Å². The minimum Gasteiger partial charge on any atom is -0.338 e. The van der Waals surface area contributed by atoms with Crippen molar-refractivity contribution in [1.29, 1.82) is 0 Å². The normalized spacial score (nSPS) is 14.8. The van der Waals surface area contributed by atoms with E-state index < -0.39 is 23.3 Å². The van der Waals surface area contributed by atoms with Crippen molar-refractivity contribution in [2.24, 2.45) is 5.92 Å². The number of piperidine rings is 1. The van der Waals surface area contributed by atoms with E-state index in [1.807, 2.05) is 13.0 Å². The van der Waals surface area contributed by atoms with E-state index in [0.717, 1.165) is 11.8 Å². The van der Waals surface area contributed by atoms with Crippen LogP contribution in [0.1, 0.15) is 34.5 Å². The Hall–Kier alpha value is -3.40. The summed E-state index contributed by atoms with van der Waals surface area (Å²) in [5.74, 6) is -0.929. The van der Waals surface area contributed by atoms with Crippen molar-refractivity contribution in [2.45, 2.75) is 25.9 Å². The zero-order valence-electron chi connectivity index (χ0n) is 18.1. The number of carbonyl (C=O) groups excluding carboxylic acids is 2. The molecular formula is C23H21ClF3N5O2. The molecule has 0 bridgehead atoms. The van der Waals surface area contributed by atoms with Gasteiger partial charge in [-0.3, -0.25) is 9.59 Å². The molecule has 3 heterocycles. The van der Waals surface area contributed by atoms with Crippen molar-refractivity contribution in [1.82, 2.24) is 19.7 Å². The van der Waals surface area contributed by atoms with Gasteiger partial charge in [0.05, 0.1) is 17.4 Å². The molecule has 0 radical (unpaired) electrons. The van der Waals surface area contributed by atoms with Crippen LogP contribution in [0.4, 0.5) is 19.0 Å². The molecule has 0 saturated carbocycles. The van der Waals surface area contributed by atoms with Crippen molar-refractivity contribution in [2.75, 3.05) is 18.4 Å². The smallest absolute Gasteiger partial charge is 0.338 e. The van der Waals surface area contributed by atoms with E-state index in [1.54, 1.807) is 12.3 Å². The van der Waals surface area contributed by atoms with Gasteiger partial charge in [-0.05, 0) is 61.7 Å². The molecule has 0 atom stereocenters. The Bertz CT molecular complexity index is 1200. The zero-order valence-corrected chi connectivity index (χ0v) is 18.9. The highest BCUT2D eigenvalue weighted by Gasteiger charge is 2.42. The number of carbonyl (C=O) groups is 2. The summed E-state index contributed by atoms with van der Waals surface area (Å²) in [6.07, 6.45) is -1.62. The van der Waals surface area contributed by atoms with Crippen LogP contribution in [-0.2, 0) is 11.0 Å². The van der Waals surface area contributed by atoms with Gasteiger partial charge in [-0.25, -0.2) is 9.67 Å². The molecule has 1 aliphatic rings. The van der Waals surface area contributed by atoms with Gasteiger partial charge in [0, 0.05) is 30.2 Å². The number of nitrogens with zero attached hydrogens (tertiary/aromatic N) is 4. The highest BCUT2D eigenvalue weighted by atomic mass is 35.5. The number of aromatic nitrogens is 3. The second-order valence-corrected chi connectivity index (χ2v) is 8.50. The van der Waals surface area contributed by atoms with Crippen molar-refractivity contribution >= 4 is 29.2 Å². The molecule has 1 aliphatic heterocycles. The lowest BCUT2D eigenvalue weighted by Crippen LogP contribution is -2.42. The summed E-state index contributed by atoms with van der Waals surface area (Å²) >= 11 is 5.83. The highest BCUT2D eigenvalue weighted by molar-refractivity contribution is 6.30. The number of rotatable bonds is 4. The summed E-state index contributed by atoms with van der Waals surface area (Å²) in [7, 11) is 0. The molecule has 7 nitrogen and oxygen atoms in total. The first-order valence-electron chi connectivity index (χ1n) is 10.6. The van der Waals surface area contributed by atoms with E-state index in [1.165, 1.54) is 29.2 Å². The Balaban J connectivity index is 1.48. The number of amides is 2. The topological polar surface area (TPSA) is 80.1 Å². The second kappa shape index (κ2) is 9.46. The monoisotopic (exact) mass is 491 g/mol. The van der Waals surface area contributed by atoms with Gasteiger partial charge in [0.1, 0.15) is 5.82 Å². The molecule has 11 heteroatoms. The number of anilines is 1. The summed E-state index contributed by atoms with van der Waals surface area (Å²) in [6, 6.07) is 9.24. The van der Waals surface area contributed by atoms with Gasteiger partial charge in [0.25, 0.3) is 5.91 Å². The fraction of sp³-hybridized carbons (Fsp3) is 0.304. The number of hydrogen-bond donors (Lipinski definition) is 1. The van der Waals surface area contributed by atoms with Crippen LogP contribution in [0, 0.1) is 12.8 Å². The van der Waals surface area contributed by atoms with Crippen LogP contribution in [0.5, 0.6) is 0 Å². The first kappa shape index (κ1) is 23.7. The maximum absolute atomic E-state index is 13.9. The van der Waals surface area contributed by atoms with E-state index in [9.17, 15) is 22.8 Å². The molecular weight excluding hydrogens is 471 g/mol. The van der Waals surface area contributed by atoms with Crippen molar-refractivity contribution in [3.05, 3.63) is 70.6 Å². The maximum Gasteiger partial charge on any atom is 0.434 e. The van der Waals surface area contributed by atoms with E-state index in [0.29, 0.717) is 28.4 Å². The summed E-state index contributed by atoms with van der Waals surface area (Å²) in [4.78, 5) is 31.0. The lowest BCUT2D eigenvalue weighted by molar-refractivity contribution is -0.143. The number of pyridine rings is 1. The van der Waals surface area contributed by atoms with Gasteiger partial charge in [-0.1, -0.05) is 11.6 Å². The lowest BCUT2D eigenvalue weighted by atomic mass is 9.95. The SMILES string of the molecule is Cc1ccnc(NC(=O)C2CCN(C(=O)c3cnn(-c4ccc(Cl)cc4)c3C(F)(F)F)CC2)c1. The summed E-state index contributed by atoms with van der Waals surface area (Å²) in [6.45, 7) is 2.19. The Morgan fingerprint density at radius 3 is 2.41 bits per heavy atom. The van der Waals surface area contributed by atoms with Crippen LogP contribution >= 0.6 is 11.6 Å². The third-order valence-corrected chi connectivity index (χ3v) is 5.91. The molecule has 2 amide bonds. The van der Waals surface area contributed by atoms with Crippen LogP contribution in [0.2, 0.25) is 5.02 Å². The van der Waals surface area contributed by atoms with E-state index >= 15 is 0 Å². The summed E-state index contributed by atoms with van der Waals surface area (Å²) in [5.41, 5.74) is -0.597.